The SMILES string of the molecule is CCOc1cc(NC2CC(OCC)C2OC)ccc1OC. The molecule has 0 heterocycles. The maximum Gasteiger partial charge on any atom is 0.163 e. The Labute approximate surface area is 126 Å². The van der Waals surface area contributed by atoms with Crippen molar-refractivity contribution in [3.05, 3.63) is 18.2 Å². The van der Waals surface area contributed by atoms with Gasteiger partial charge in [0.2, 0.25) is 0 Å². The zero-order chi connectivity index (χ0) is 15.2. The molecule has 0 saturated heterocycles. The molecule has 0 spiro atoms. The number of hydrogen-bond acceptors (Lipinski definition) is 5. The van der Waals surface area contributed by atoms with Crippen LogP contribution in [0, 0.1) is 0 Å². The second-order valence-corrected chi connectivity index (χ2v) is 4.98. The average Bonchev–Trinajstić information content (AvgIpc) is 2.47. The Morgan fingerprint density at radius 3 is 2.57 bits per heavy atom. The standard InChI is InChI=1S/C16H25NO4/c1-5-20-14-9-11(7-8-13(14)18-3)17-12-10-15(21-6-2)16(12)19-4/h7-9,12,15-17H,5-6,10H2,1-4H3. The third-order valence-electron chi connectivity index (χ3n) is 3.72. The van der Waals surface area contributed by atoms with E-state index >= 15 is 0 Å². The summed E-state index contributed by atoms with van der Waals surface area (Å²) in [5, 5.41) is 3.48. The van der Waals surface area contributed by atoms with Gasteiger partial charge in [-0.2, -0.15) is 0 Å². The van der Waals surface area contributed by atoms with E-state index in [1.807, 2.05) is 32.0 Å². The van der Waals surface area contributed by atoms with E-state index in [0.29, 0.717) is 13.2 Å². The van der Waals surface area contributed by atoms with E-state index in [2.05, 4.69) is 5.32 Å². The van der Waals surface area contributed by atoms with Gasteiger partial charge in [0.05, 0.1) is 25.9 Å². The molecule has 1 fully saturated rings. The van der Waals surface area contributed by atoms with Gasteiger partial charge in [-0.05, 0) is 32.4 Å². The molecular weight excluding hydrogens is 270 g/mol. The smallest absolute Gasteiger partial charge is 0.163 e. The van der Waals surface area contributed by atoms with Crippen LogP contribution in [0.3, 0.4) is 0 Å². The van der Waals surface area contributed by atoms with E-state index in [4.69, 9.17) is 18.9 Å². The highest BCUT2D eigenvalue weighted by molar-refractivity contribution is 5.55. The maximum atomic E-state index is 5.64. The summed E-state index contributed by atoms with van der Waals surface area (Å²) in [6.07, 6.45) is 1.22. The Bertz CT molecular complexity index is 452. The van der Waals surface area contributed by atoms with E-state index in [1.54, 1.807) is 14.2 Å². The fraction of sp³-hybridized carbons (Fsp3) is 0.625. The Morgan fingerprint density at radius 2 is 1.95 bits per heavy atom. The summed E-state index contributed by atoms with van der Waals surface area (Å²) < 4.78 is 22.0. The zero-order valence-corrected chi connectivity index (χ0v) is 13.2. The lowest BCUT2D eigenvalue weighted by molar-refractivity contribution is -0.118. The summed E-state index contributed by atoms with van der Waals surface area (Å²) in [6, 6.07) is 6.12. The van der Waals surface area contributed by atoms with Crippen LogP contribution in [0.1, 0.15) is 20.3 Å². The van der Waals surface area contributed by atoms with Gasteiger partial charge in [-0.3, -0.25) is 0 Å². The molecule has 1 aromatic rings. The molecule has 5 nitrogen and oxygen atoms in total. The molecule has 0 aliphatic heterocycles. The molecule has 5 heteroatoms. The van der Waals surface area contributed by atoms with Crippen LogP contribution < -0.4 is 14.8 Å². The number of anilines is 1. The van der Waals surface area contributed by atoms with Crippen LogP contribution in [0.25, 0.3) is 0 Å². The van der Waals surface area contributed by atoms with Crippen molar-refractivity contribution in [3.8, 4) is 11.5 Å². The Morgan fingerprint density at radius 1 is 1.14 bits per heavy atom. The van der Waals surface area contributed by atoms with E-state index in [0.717, 1.165) is 23.6 Å². The Balaban J connectivity index is 2.01. The van der Waals surface area contributed by atoms with Crippen LogP contribution in [0.15, 0.2) is 18.2 Å². The number of benzene rings is 1. The summed E-state index contributed by atoms with van der Waals surface area (Å²) in [4.78, 5) is 0. The van der Waals surface area contributed by atoms with Gasteiger partial charge < -0.3 is 24.3 Å². The summed E-state index contributed by atoms with van der Waals surface area (Å²) in [5.74, 6) is 1.49. The summed E-state index contributed by atoms with van der Waals surface area (Å²) >= 11 is 0. The molecule has 21 heavy (non-hydrogen) atoms. The molecule has 1 aliphatic rings. The van der Waals surface area contributed by atoms with E-state index < -0.39 is 0 Å². The van der Waals surface area contributed by atoms with E-state index in [1.165, 1.54) is 0 Å². The summed E-state index contributed by atoms with van der Waals surface area (Å²) in [7, 11) is 3.37. The van der Waals surface area contributed by atoms with Gasteiger partial charge in [0.1, 0.15) is 6.10 Å². The molecule has 0 amide bonds. The van der Waals surface area contributed by atoms with Crippen LogP contribution in [0.5, 0.6) is 11.5 Å². The summed E-state index contributed by atoms with van der Waals surface area (Å²) in [6.45, 7) is 5.29. The topological polar surface area (TPSA) is 49.0 Å². The third kappa shape index (κ3) is 3.60. The predicted octanol–water partition coefficient (Wildman–Crippen LogP) is 2.70. The van der Waals surface area contributed by atoms with Gasteiger partial charge in [0, 0.05) is 25.5 Å². The lowest BCUT2D eigenvalue weighted by Crippen LogP contribution is -2.56. The monoisotopic (exact) mass is 295 g/mol. The molecule has 1 saturated carbocycles. The quantitative estimate of drug-likeness (QED) is 0.799. The molecule has 2 rings (SSSR count). The van der Waals surface area contributed by atoms with Crippen molar-refractivity contribution in [2.24, 2.45) is 0 Å². The van der Waals surface area contributed by atoms with Gasteiger partial charge >= 0.3 is 0 Å². The van der Waals surface area contributed by atoms with Crippen molar-refractivity contribution < 1.29 is 18.9 Å². The van der Waals surface area contributed by atoms with Crippen molar-refractivity contribution in [1.29, 1.82) is 0 Å². The van der Waals surface area contributed by atoms with Crippen LogP contribution in [0.2, 0.25) is 0 Å². The highest BCUT2D eigenvalue weighted by Gasteiger charge is 2.42. The molecule has 1 N–H and O–H groups in total. The molecule has 1 aliphatic carbocycles. The first-order valence-corrected chi connectivity index (χ1v) is 7.45. The number of hydrogen-bond donors (Lipinski definition) is 1. The molecular formula is C16H25NO4. The maximum absolute atomic E-state index is 5.64. The third-order valence-corrected chi connectivity index (χ3v) is 3.72. The van der Waals surface area contributed by atoms with E-state index in [9.17, 15) is 0 Å². The molecule has 1 aromatic carbocycles. The van der Waals surface area contributed by atoms with Gasteiger partial charge in [-0.25, -0.2) is 0 Å². The van der Waals surface area contributed by atoms with Gasteiger partial charge in [-0.1, -0.05) is 0 Å². The predicted molar refractivity (Wildman–Crippen MR) is 82.4 cm³/mol. The Hall–Kier alpha value is -1.46. The minimum absolute atomic E-state index is 0.0857. The lowest BCUT2D eigenvalue weighted by atomic mass is 9.85. The normalized spacial score (nSPS) is 24.3. The molecule has 0 radical (unpaired) electrons. The highest BCUT2D eigenvalue weighted by Crippen LogP contribution is 2.34. The van der Waals surface area contributed by atoms with Crippen LogP contribution in [-0.2, 0) is 9.47 Å². The fourth-order valence-corrected chi connectivity index (χ4v) is 2.66. The highest BCUT2D eigenvalue weighted by atomic mass is 16.5. The number of ether oxygens (including phenoxy) is 4. The second kappa shape index (κ2) is 7.52. The van der Waals surface area contributed by atoms with Crippen molar-refractivity contribution in [3.63, 3.8) is 0 Å². The number of rotatable bonds is 8. The lowest BCUT2D eigenvalue weighted by Gasteiger charge is -2.43. The first-order valence-electron chi connectivity index (χ1n) is 7.45. The van der Waals surface area contributed by atoms with Gasteiger partial charge in [0.15, 0.2) is 11.5 Å². The minimum atomic E-state index is 0.0857. The van der Waals surface area contributed by atoms with Crippen LogP contribution >= 0.6 is 0 Å². The fourth-order valence-electron chi connectivity index (χ4n) is 2.66. The minimum Gasteiger partial charge on any atom is -0.493 e. The number of nitrogens with one attached hydrogen (secondary N) is 1. The van der Waals surface area contributed by atoms with Crippen molar-refractivity contribution >= 4 is 5.69 Å². The van der Waals surface area contributed by atoms with Gasteiger partial charge in [0.25, 0.3) is 0 Å². The summed E-state index contributed by atoms with van der Waals surface area (Å²) in [5.41, 5.74) is 1.00. The number of methoxy groups -OCH3 is 2. The van der Waals surface area contributed by atoms with Crippen molar-refractivity contribution in [2.75, 3.05) is 32.8 Å². The first kappa shape index (κ1) is 15.9. The second-order valence-electron chi connectivity index (χ2n) is 4.98. The Kier molecular flexibility index (Phi) is 5.70. The largest absolute Gasteiger partial charge is 0.493 e. The molecule has 0 bridgehead atoms. The van der Waals surface area contributed by atoms with Crippen LogP contribution in [-0.4, -0.2) is 45.7 Å². The molecule has 3 atom stereocenters. The van der Waals surface area contributed by atoms with Crippen molar-refractivity contribution in [1.82, 2.24) is 0 Å². The molecule has 118 valence electrons. The molecule has 0 aromatic heterocycles. The first-order chi connectivity index (χ1) is 10.2. The van der Waals surface area contributed by atoms with Crippen molar-refractivity contribution in [2.45, 2.75) is 38.5 Å². The zero-order valence-electron chi connectivity index (χ0n) is 13.2. The molecule has 3 unspecified atom stereocenters. The average molecular weight is 295 g/mol. The van der Waals surface area contributed by atoms with Crippen LogP contribution in [0.4, 0.5) is 5.69 Å². The van der Waals surface area contributed by atoms with E-state index in [-0.39, 0.29) is 18.2 Å². The van der Waals surface area contributed by atoms with Gasteiger partial charge in [-0.15, -0.1) is 0 Å².